The average molecular weight is 471 g/mol. The van der Waals surface area contributed by atoms with Crippen LogP contribution in [0.2, 0.25) is 5.02 Å². The summed E-state index contributed by atoms with van der Waals surface area (Å²) in [5.41, 5.74) is -5.35. The molecule has 0 amide bonds. The summed E-state index contributed by atoms with van der Waals surface area (Å²) in [6, 6.07) is 0.708. The number of allylic oxidation sites excluding steroid dienone is 1. The first-order valence-corrected chi connectivity index (χ1v) is 10.2. The Morgan fingerprint density at radius 3 is 2.30 bits per heavy atom. The number of aromatic nitrogens is 2. The molecule has 0 N–H and O–H groups in total. The summed E-state index contributed by atoms with van der Waals surface area (Å²) in [6.45, 7) is 5.07. The molecule has 7 nitrogen and oxygen atoms in total. The fourth-order valence-electron chi connectivity index (χ4n) is 2.69. The zero-order valence-corrected chi connectivity index (χ0v) is 17.4. The standard InChI is InChI=1S/C17H15ClF4N2O5S/c1-8(2)5-9-14(11(19)6-10(18)15(9)29-30(4,27)28)24-13(25)7-12(17(20,21)22)23(3)16(24)26/h6-7H,1,5H2,2-4H3. The maximum atomic E-state index is 14.8. The van der Waals surface area contributed by atoms with Gasteiger partial charge in [0.05, 0.1) is 17.0 Å². The number of hydrogen-bond acceptors (Lipinski definition) is 5. The second-order valence-corrected chi connectivity index (χ2v) is 8.44. The van der Waals surface area contributed by atoms with E-state index in [9.17, 15) is 35.6 Å². The van der Waals surface area contributed by atoms with Crippen molar-refractivity contribution in [3.63, 3.8) is 0 Å². The van der Waals surface area contributed by atoms with Gasteiger partial charge in [-0.05, 0) is 19.4 Å². The van der Waals surface area contributed by atoms with Crippen LogP contribution in [0.5, 0.6) is 5.75 Å². The molecule has 1 aromatic heterocycles. The number of nitrogens with zero attached hydrogens (tertiary/aromatic N) is 2. The first-order chi connectivity index (χ1) is 13.5. The molecule has 30 heavy (non-hydrogen) atoms. The molecule has 0 fully saturated rings. The van der Waals surface area contributed by atoms with Gasteiger partial charge in [0.1, 0.15) is 11.5 Å². The molecule has 0 aliphatic rings. The lowest BCUT2D eigenvalue weighted by Gasteiger charge is -2.19. The highest BCUT2D eigenvalue weighted by atomic mass is 35.5. The fraction of sp³-hybridized carbons (Fsp3) is 0.294. The van der Waals surface area contributed by atoms with E-state index in [1.54, 1.807) is 0 Å². The van der Waals surface area contributed by atoms with Gasteiger partial charge in [-0.25, -0.2) is 13.8 Å². The van der Waals surface area contributed by atoms with Crippen LogP contribution in [0.3, 0.4) is 0 Å². The molecule has 13 heteroatoms. The molecule has 0 aliphatic carbocycles. The van der Waals surface area contributed by atoms with Gasteiger partial charge in [-0.15, -0.1) is 0 Å². The molecule has 0 saturated heterocycles. The van der Waals surface area contributed by atoms with Gasteiger partial charge in [-0.3, -0.25) is 9.36 Å². The molecule has 0 unspecified atom stereocenters. The lowest BCUT2D eigenvalue weighted by Crippen LogP contribution is -2.41. The zero-order valence-electron chi connectivity index (χ0n) is 15.8. The van der Waals surface area contributed by atoms with E-state index in [0.29, 0.717) is 17.9 Å². The normalized spacial score (nSPS) is 12.1. The van der Waals surface area contributed by atoms with E-state index < -0.39 is 55.5 Å². The Kier molecular flexibility index (Phi) is 6.24. The van der Waals surface area contributed by atoms with E-state index in [1.807, 2.05) is 0 Å². The quantitative estimate of drug-likeness (QED) is 0.381. The summed E-state index contributed by atoms with van der Waals surface area (Å²) in [6.07, 6.45) is -4.63. The summed E-state index contributed by atoms with van der Waals surface area (Å²) < 4.78 is 82.4. The third kappa shape index (κ3) is 4.75. The number of alkyl halides is 3. The van der Waals surface area contributed by atoms with Crippen molar-refractivity contribution in [2.45, 2.75) is 19.5 Å². The molecule has 0 saturated carbocycles. The minimum atomic E-state index is -5.02. The van der Waals surface area contributed by atoms with Crippen LogP contribution in [0.4, 0.5) is 17.6 Å². The number of benzene rings is 1. The minimum Gasteiger partial charge on any atom is -0.381 e. The van der Waals surface area contributed by atoms with Crippen LogP contribution in [0.1, 0.15) is 18.2 Å². The van der Waals surface area contributed by atoms with Gasteiger partial charge >= 0.3 is 22.0 Å². The molecule has 0 bridgehead atoms. The van der Waals surface area contributed by atoms with Crippen LogP contribution in [0.15, 0.2) is 33.9 Å². The predicted octanol–water partition coefficient (Wildman–Crippen LogP) is 2.80. The van der Waals surface area contributed by atoms with E-state index in [4.69, 9.17) is 15.8 Å². The van der Waals surface area contributed by atoms with Gasteiger partial charge in [-0.1, -0.05) is 23.8 Å². The van der Waals surface area contributed by atoms with E-state index >= 15 is 0 Å². The Hall–Kier alpha value is -2.60. The molecule has 0 aliphatic heterocycles. The largest absolute Gasteiger partial charge is 0.431 e. The van der Waals surface area contributed by atoms with Crippen molar-refractivity contribution in [3.05, 3.63) is 67.2 Å². The molecular formula is C17H15ClF4N2O5S. The van der Waals surface area contributed by atoms with Crippen molar-refractivity contribution in [1.29, 1.82) is 0 Å². The van der Waals surface area contributed by atoms with Gasteiger partial charge < -0.3 is 4.18 Å². The Labute approximate surface area is 172 Å². The minimum absolute atomic E-state index is 0.122. The first kappa shape index (κ1) is 23.7. The Morgan fingerprint density at radius 2 is 1.83 bits per heavy atom. The summed E-state index contributed by atoms with van der Waals surface area (Å²) in [4.78, 5) is 25.0. The Morgan fingerprint density at radius 1 is 1.27 bits per heavy atom. The molecule has 2 aromatic rings. The van der Waals surface area contributed by atoms with Crippen LogP contribution in [-0.2, 0) is 29.8 Å². The average Bonchev–Trinajstić information content (AvgIpc) is 2.54. The molecule has 1 heterocycles. The zero-order chi connectivity index (χ0) is 23.2. The Bertz CT molecular complexity index is 1260. The number of halogens is 5. The predicted molar refractivity (Wildman–Crippen MR) is 101 cm³/mol. The third-order valence-electron chi connectivity index (χ3n) is 3.80. The maximum absolute atomic E-state index is 14.8. The van der Waals surface area contributed by atoms with Crippen molar-refractivity contribution in [1.82, 2.24) is 9.13 Å². The highest BCUT2D eigenvalue weighted by Gasteiger charge is 2.36. The first-order valence-electron chi connectivity index (χ1n) is 8.00. The molecule has 0 spiro atoms. The molecular weight excluding hydrogens is 456 g/mol. The summed E-state index contributed by atoms with van der Waals surface area (Å²) >= 11 is 5.90. The van der Waals surface area contributed by atoms with E-state index in [0.717, 1.165) is 7.05 Å². The van der Waals surface area contributed by atoms with Crippen LogP contribution < -0.4 is 15.4 Å². The Balaban J connectivity index is 3.04. The van der Waals surface area contributed by atoms with Crippen LogP contribution in [-0.4, -0.2) is 23.8 Å². The van der Waals surface area contributed by atoms with Crippen molar-refractivity contribution < 1.29 is 30.2 Å². The van der Waals surface area contributed by atoms with E-state index in [1.165, 1.54) is 6.92 Å². The molecule has 164 valence electrons. The second-order valence-electron chi connectivity index (χ2n) is 6.46. The van der Waals surface area contributed by atoms with Crippen molar-refractivity contribution in [2.24, 2.45) is 7.05 Å². The highest BCUT2D eigenvalue weighted by molar-refractivity contribution is 7.86. The highest BCUT2D eigenvalue weighted by Crippen LogP contribution is 2.37. The van der Waals surface area contributed by atoms with Crippen molar-refractivity contribution in [3.8, 4) is 11.4 Å². The SMILES string of the molecule is C=C(C)Cc1c(OS(C)(=O)=O)c(Cl)cc(F)c1-n1c(=O)cc(C(F)(F)F)n(C)c1=O. The van der Waals surface area contributed by atoms with Crippen LogP contribution in [0.25, 0.3) is 5.69 Å². The van der Waals surface area contributed by atoms with Gasteiger partial charge in [0, 0.05) is 18.7 Å². The molecule has 0 radical (unpaired) electrons. The lowest BCUT2D eigenvalue weighted by atomic mass is 10.0. The van der Waals surface area contributed by atoms with Gasteiger partial charge in [0.15, 0.2) is 5.75 Å². The van der Waals surface area contributed by atoms with Gasteiger partial charge in [0.25, 0.3) is 5.56 Å². The van der Waals surface area contributed by atoms with Gasteiger partial charge in [-0.2, -0.15) is 21.6 Å². The van der Waals surface area contributed by atoms with Crippen molar-refractivity contribution >= 4 is 21.7 Å². The van der Waals surface area contributed by atoms with Crippen LogP contribution in [0, 0.1) is 5.82 Å². The number of rotatable bonds is 5. The third-order valence-corrected chi connectivity index (χ3v) is 4.55. The smallest absolute Gasteiger partial charge is 0.381 e. The second kappa shape index (κ2) is 7.91. The van der Waals surface area contributed by atoms with E-state index in [2.05, 4.69) is 6.58 Å². The molecule has 2 rings (SSSR count). The monoisotopic (exact) mass is 470 g/mol. The topological polar surface area (TPSA) is 87.4 Å². The van der Waals surface area contributed by atoms with E-state index in [-0.39, 0.29) is 27.2 Å². The maximum Gasteiger partial charge on any atom is 0.431 e. The fourth-order valence-corrected chi connectivity index (χ4v) is 3.48. The summed E-state index contributed by atoms with van der Waals surface area (Å²) in [5.74, 6) is -1.83. The lowest BCUT2D eigenvalue weighted by molar-refractivity contribution is -0.144. The molecule has 1 aromatic carbocycles. The van der Waals surface area contributed by atoms with Crippen molar-refractivity contribution in [2.75, 3.05) is 6.26 Å². The summed E-state index contributed by atoms with van der Waals surface area (Å²) in [7, 11) is -3.43. The number of hydrogen-bond donors (Lipinski definition) is 0. The summed E-state index contributed by atoms with van der Waals surface area (Å²) in [5, 5.41) is -0.491. The van der Waals surface area contributed by atoms with Gasteiger partial charge in [0.2, 0.25) is 0 Å². The van der Waals surface area contributed by atoms with Crippen LogP contribution >= 0.6 is 11.6 Å². The molecule has 0 atom stereocenters.